The van der Waals surface area contributed by atoms with E-state index < -0.39 is 0 Å². The van der Waals surface area contributed by atoms with Gasteiger partial charge in [-0.15, -0.1) is 0 Å². The van der Waals surface area contributed by atoms with Gasteiger partial charge in [0.2, 0.25) is 0 Å². The summed E-state index contributed by atoms with van der Waals surface area (Å²) in [5.74, 6) is 0. The molecular weight excluding hydrogens is 458 g/mol. The van der Waals surface area contributed by atoms with Crippen molar-refractivity contribution in [3.8, 4) is 0 Å². The zero-order chi connectivity index (χ0) is 25.1. The predicted molar refractivity (Wildman–Crippen MR) is 147 cm³/mol. The molecule has 4 aromatic carbocycles. The highest BCUT2D eigenvalue weighted by molar-refractivity contribution is 5.17. The van der Waals surface area contributed by atoms with Gasteiger partial charge in [-0.1, -0.05) is 121 Å². The minimum absolute atomic E-state index is 0.123. The maximum atomic E-state index is 6.59. The highest BCUT2D eigenvalue weighted by atomic mass is 16.6. The maximum absolute atomic E-state index is 6.59. The molecule has 0 aliphatic carbocycles. The van der Waals surface area contributed by atoms with Gasteiger partial charge in [0.05, 0.1) is 32.0 Å². The number of hydrogen-bond acceptors (Lipinski definition) is 4. The molecule has 0 aromatic heterocycles. The van der Waals surface area contributed by atoms with Gasteiger partial charge >= 0.3 is 0 Å². The van der Waals surface area contributed by atoms with E-state index in [0.717, 1.165) is 36.3 Å². The van der Waals surface area contributed by atoms with Gasteiger partial charge in [0.25, 0.3) is 0 Å². The average Bonchev–Trinajstić information content (AvgIpc) is 2.96. The Hall–Kier alpha value is -3.28. The monoisotopic (exact) mass is 493 g/mol. The van der Waals surface area contributed by atoms with Crippen LogP contribution in [0.2, 0.25) is 0 Å². The first-order valence-corrected chi connectivity index (χ1v) is 13.1. The molecule has 0 saturated carbocycles. The molecule has 190 valence electrons. The Labute approximate surface area is 220 Å². The molecule has 37 heavy (non-hydrogen) atoms. The van der Waals surface area contributed by atoms with Crippen LogP contribution in [0.1, 0.15) is 22.3 Å². The normalized spacial score (nSPS) is 20.1. The predicted octanol–water partition coefficient (Wildman–Crippen LogP) is 6.26. The molecule has 0 radical (unpaired) electrons. The number of ether oxygens (including phenoxy) is 3. The summed E-state index contributed by atoms with van der Waals surface area (Å²) in [7, 11) is 0. The van der Waals surface area contributed by atoms with Crippen molar-refractivity contribution in [1.29, 1.82) is 0 Å². The molecule has 1 aliphatic rings. The molecule has 5 rings (SSSR count). The summed E-state index contributed by atoms with van der Waals surface area (Å²) in [5.41, 5.74) is 4.75. The van der Waals surface area contributed by atoms with E-state index in [1.54, 1.807) is 0 Å². The van der Waals surface area contributed by atoms with Crippen LogP contribution < -0.4 is 0 Å². The van der Waals surface area contributed by atoms with Gasteiger partial charge in [0, 0.05) is 19.6 Å². The smallest absolute Gasteiger partial charge is 0.113 e. The number of rotatable bonds is 11. The lowest BCUT2D eigenvalue weighted by molar-refractivity contribution is -0.185. The lowest BCUT2D eigenvalue weighted by atomic mass is 10.00. The van der Waals surface area contributed by atoms with E-state index in [4.69, 9.17) is 14.2 Å². The molecule has 4 heteroatoms. The fourth-order valence-electron chi connectivity index (χ4n) is 4.83. The standard InChI is InChI=1S/C33H35NO3/c1-5-13-27(14-6-1)21-34-22-31(35-24-28-15-7-2-8-16-28)33(37-26-30-19-11-4-12-20-30)32(23-34)36-25-29-17-9-3-10-18-29/h1-20,31-33H,21-26H2/t31-,32+,33?. The van der Waals surface area contributed by atoms with E-state index in [2.05, 4.69) is 95.9 Å². The number of hydrogen-bond donors (Lipinski definition) is 0. The van der Waals surface area contributed by atoms with Gasteiger partial charge in [-0.2, -0.15) is 0 Å². The minimum Gasteiger partial charge on any atom is -0.369 e. The molecule has 3 atom stereocenters. The molecule has 1 heterocycles. The number of nitrogens with zero attached hydrogens (tertiary/aromatic N) is 1. The first kappa shape index (κ1) is 25.4. The first-order chi connectivity index (χ1) is 18.3. The van der Waals surface area contributed by atoms with Crippen molar-refractivity contribution < 1.29 is 14.2 Å². The number of likely N-dealkylation sites (tertiary alicyclic amines) is 1. The number of piperidine rings is 1. The average molecular weight is 494 g/mol. The van der Waals surface area contributed by atoms with Crippen LogP contribution in [0.3, 0.4) is 0 Å². The molecule has 1 unspecified atom stereocenters. The second-order valence-corrected chi connectivity index (χ2v) is 9.61. The van der Waals surface area contributed by atoms with Crippen LogP contribution in [0, 0.1) is 0 Å². The van der Waals surface area contributed by atoms with Gasteiger partial charge in [0.15, 0.2) is 0 Å². The molecule has 1 aliphatic heterocycles. The molecule has 1 fully saturated rings. The maximum Gasteiger partial charge on any atom is 0.113 e. The second-order valence-electron chi connectivity index (χ2n) is 9.61. The summed E-state index contributed by atoms with van der Waals surface area (Å²) in [6, 6.07) is 41.6. The Bertz CT molecular complexity index is 1120. The minimum atomic E-state index is -0.181. The van der Waals surface area contributed by atoms with Gasteiger partial charge < -0.3 is 14.2 Å². The third-order valence-corrected chi connectivity index (χ3v) is 6.76. The molecule has 0 amide bonds. The van der Waals surface area contributed by atoms with Crippen molar-refractivity contribution in [2.45, 2.75) is 44.7 Å². The van der Waals surface area contributed by atoms with Gasteiger partial charge in [-0.05, 0) is 22.3 Å². The van der Waals surface area contributed by atoms with Crippen molar-refractivity contribution in [2.24, 2.45) is 0 Å². The Morgan fingerprint density at radius 1 is 0.459 bits per heavy atom. The fraction of sp³-hybridized carbons (Fsp3) is 0.273. The summed E-state index contributed by atoms with van der Waals surface area (Å²) in [6.07, 6.45) is -0.427. The van der Waals surface area contributed by atoms with E-state index in [1.807, 2.05) is 30.3 Å². The van der Waals surface area contributed by atoms with Crippen molar-refractivity contribution >= 4 is 0 Å². The quantitative estimate of drug-likeness (QED) is 0.247. The lowest BCUT2D eigenvalue weighted by Crippen LogP contribution is -2.57. The van der Waals surface area contributed by atoms with E-state index >= 15 is 0 Å². The Kier molecular flexibility index (Phi) is 9.13. The molecule has 4 nitrogen and oxygen atoms in total. The zero-order valence-corrected chi connectivity index (χ0v) is 21.2. The van der Waals surface area contributed by atoms with Gasteiger partial charge in [-0.3, -0.25) is 4.90 Å². The number of benzene rings is 4. The molecule has 0 bridgehead atoms. The van der Waals surface area contributed by atoms with Gasteiger partial charge in [-0.25, -0.2) is 0 Å². The van der Waals surface area contributed by atoms with E-state index in [9.17, 15) is 0 Å². The van der Waals surface area contributed by atoms with Crippen molar-refractivity contribution in [3.05, 3.63) is 144 Å². The molecule has 0 N–H and O–H groups in total. The van der Waals surface area contributed by atoms with Crippen molar-refractivity contribution in [2.75, 3.05) is 13.1 Å². The van der Waals surface area contributed by atoms with E-state index in [1.165, 1.54) is 5.56 Å². The topological polar surface area (TPSA) is 30.9 Å². The summed E-state index contributed by atoms with van der Waals surface area (Å²) in [4.78, 5) is 2.43. The highest BCUT2D eigenvalue weighted by Crippen LogP contribution is 2.25. The van der Waals surface area contributed by atoms with Crippen LogP contribution in [0.25, 0.3) is 0 Å². The molecule has 4 aromatic rings. The summed E-state index contributed by atoms with van der Waals surface area (Å²) in [6.45, 7) is 4.03. The zero-order valence-electron chi connectivity index (χ0n) is 21.2. The fourth-order valence-corrected chi connectivity index (χ4v) is 4.83. The Morgan fingerprint density at radius 3 is 1.22 bits per heavy atom. The van der Waals surface area contributed by atoms with Gasteiger partial charge in [0.1, 0.15) is 6.10 Å². The van der Waals surface area contributed by atoms with Crippen molar-refractivity contribution in [1.82, 2.24) is 4.90 Å². The van der Waals surface area contributed by atoms with Crippen LogP contribution in [0.4, 0.5) is 0 Å². The third-order valence-electron chi connectivity index (χ3n) is 6.76. The SMILES string of the molecule is c1ccc(COC2[C@@H](OCc3ccccc3)CN(Cc3ccccc3)C[C@H]2OCc2ccccc2)cc1. The van der Waals surface area contributed by atoms with Crippen molar-refractivity contribution in [3.63, 3.8) is 0 Å². The summed E-state index contributed by atoms with van der Waals surface area (Å²) in [5, 5.41) is 0. The van der Waals surface area contributed by atoms with Crippen LogP contribution in [-0.2, 0) is 40.6 Å². The summed E-state index contributed by atoms with van der Waals surface area (Å²) >= 11 is 0. The lowest BCUT2D eigenvalue weighted by Gasteiger charge is -2.43. The first-order valence-electron chi connectivity index (χ1n) is 13.1. The largest absolute Gasteiger partial charge is 0.369 e. The molecule has 0 spiro atoms. The Balaban J connectivity index is 1.35. The third kappa shape index (κ3) is 7.61. The molecule has 1 saturated heterocycles. The Morgan fingerprint density at radius 2 is 0.811 bits per heavy atom. The van der Waals surface area contributed by atoms with E-state index in [0.29, 0.717) is 19.8 Å². The van der Waals surface area contributed by atoms with Crippen LogP contribution in [-0.4, -0.2) is 36.3 Å². The van der Waals surface area contributed by atoms with Crippen LogP contribution in [0.5, 0.6) is 0 Å². The van der Waals surface area contributed by atoms with Crippen LogP contribution >= 0.6 is 0 Å². The molecular formula is C33H35NO3. The van der Waals surface area contributed by atoms with Crippen LogP contribution in [0.15, 0.2) is 121 Å². The van der Waals surface area contributed by atoms with E-state index in [-0.39, 0.29) is 18.3 Å². The second kappa shape index (κ2) is 13.3. The highest BCUT2D eigenvalue weighted by Gasteiger charge is 2.39. The summed E-state index contributed by atoms with van der Waals surface area (Å²) < 4.78 is 19.7.